The molecular weight excluding hydrogens is 286 g/mol. The monoisotopic (exact) mass is 295 g/mol. The summed E-state index contributed by atoms with van der Waals surface area (Å²) in [7, 11) is 0. The Morgan fingerprint density at radius 3 is 2.88 bits per heavy atom. The Labute approximate surface area is 105 Å². The van der Waals surface area contributed by atoms with E-state index >= 15 is 0 Å². The fourth-order valence-corrected chi connectivity index (χ4v) is 1.96. The molecule has 0 amide bonds. The zero-order valence-electron chi connectivity index (χ0n) is 9.08. The van der Waals surface area contributed by atoms with Gasteiger partial charge < -0.3 is 9.97 Å². The molecule has 0 aliphatic rings. The van der Waals surface area contributed by atoms with Crippen LogP contribution < -0.4 is 5.69 Å². The van der Waals surface area contributed by atoms with Crippen molar-refractivity contribution in [1.29, 1.82) is 0 Å². The van der Waals surface area contributed by atoms with Crippen LogP contribution in [0.2, 0.25) is 0 Å². The van der Waals surface area contributed by atoms with Crippen molar-refractivity contribution in [2.75, 3.05) is 0 Å². The normalized spacial score (nSPS) is 10.5. The molecule has 0 aliphatic heterocycles. The first kappa shape index (κ1) is 11.8. The van der Waals surface area contributed by atoms with Crippen LogP contribution in [0.15, 0.2) is 27.7 Å². The van der Waals surface area contributed by atoms with E-state index in [-0.39, 0.29) is 11.5 Å². The van der Waals surface area contributed by atoms with E-state index in [1.165, 1.54) is 6.20 Å². The second kappa shape index (κ2) is 4.67. The van der Waals surface area contributed by atoms with Gasteiger partial charge in [-0.15, -0.1) is 0 Å². The van der Waals surface area contributed by atoms with Crippen LogP contribution in [-0.4, -0.2) is 20.7 Å². The third-order valence-corrected chi connectivity index (χ3v) is 3.09. The van der Waals surface area contributed by atoms with Crippen molar-refractivity contribution in [1.82, 2.24) is 15.0 Å². The first-order valence-electron chi connectivity index (χ1n) is 5.08. The molecule has 2 heterocycles. The molecule has 0 spiro atoms. The second-order valence-electron chi connectivity index (χ2n) is 3.47. The van der Waals surface area contributed by atoms with Crippen molar-refractivity contribution in [3.05, 3.63) is 50.4 Å². The van der Waals surface area contributed by atoms with Gasteiger partial charge in [0.15, 0.2) is 0 Å². The maximum atomic E-state index is 12.2. The molecule has 2 rings (SSSR count). The summed E-state index contributed by atoms with van der Waals surface area (Å²) in [5.41, 5.74) is 0.963. The van der Waals surface area contributed by atoms with E-state index < -0.39 is 0 Å². The molecule has 17 heavy (non-hydrogen) atoms. The van der Waals surface area contributed by atoms with E-state index in [2.05, 4.69) is 30.9 Å². The number of hydrogen-bond donors (Lipinski definition) is 2. The molecule has 0 radical (unpaired) electrons. The number of halogens is 1. The fourth-order valence-electron chi connectivity index (χ4n) is 1.56. The second-order valence-corrected chi connectivity index (χ2v) is 4.33. The van der Waals surface area contributed by atoms with Crippen molar-refractivity contribution in [3.63, 3.8) is 0 Å². The van der Waals surface area contributed by atoms with Crippen LogP contribution in [0.3, 0.4) is 0 Å². The molecule has 0 atom stereocenters. The van der Waals surface area contributed by atoms with Crippen LogP contribution in [0, 0.1) is 0 Å². The molecule has 6 heteroatoms. The van der Waals surface area contributed by atoms with Gasteiger partial charge in [0.2, 0.25) is 5.78 Å². The number of carbonyl (C=O) groups excluding carboxylic acids is 1. The number of hydrogen-bond acceptors (Lipinski definition) is 3. The van der Waals surface area contributed by atoms with Crippen LogP contribution in [0.1, 0.15) is 28.7 Å². The quantitative estimate of drug-likeness (QED) is 0.845. The lowest BCUT2D eigenvalue weighted by Crippen LogP contribution is -2.08. The van der Waals surface area contributed by atoms with Gasteiger partial charge in [-0.2, -0.15) is 0 Å². The highest BCUT2D eigenvalue weighted by atomic mass is 79.9. The van der Waals surface area contributed by atoms with Gasteiger partial charge in [0.05, 0.1) is 5.56 Å². The molecule has 2 aromatic heterocycles. The Morgan fingerprint density at radius 1 is 1.47 bits per heavy atom. The summed E-state index contributed by atoms with van der Waals surface area (Å²) in [5, 5.41) is 0. The Kier molecular flexibility index (Phi) is 3.23. The molecular formula is C11H10BrN3O2. The highest BCUT2D eigenvalue weighted by Gasteiger charge is 2.18. The highest BCUT2D eigenvalue weighted by Crippen LogP contribution is 2.18. The van der Waals surface area contributed by atoms with E-state index in [0.29, 0.717) is 27.8 Å². The lowest BCUT2D eigenvalue weighted by atomic mass is 10.1. The Morgan fingerprint density at radius 2 is 2.24 bits per heavy atom. The van der Waals surface area contributed by atoms with Crippen LogP contribution in [0.4, 0.5) is 0 Å². The fraction of sp³-hybridized carbons (Fsp3) is 0.182. The number of aromatic nitrogens is 3. The molecule has 0 fully saturated rings. The van der Waals surface area contributed by atoms with E-state index in [4.69, 9.17) is 0 Å². The summed E-state index contributed by atoms with van der Waals surface area (Å²) < 4.78 is 0.654. The van der Waals surface area contributed by atoms with Gasteiger partial charge in [-0.1, -0.05) is 6.92 Å². The SMILES string of the molecule is CCc1[nH]c(=O)[nH]c1C(=O)c1cnccc1Br. The standard InChI is InChI=1S/C11H10BrN3O2/c1-2-8-9(15-11(17)14-8)10(16)6-5-13-4-3-7(6)12/h3-5H,2H2,1H3,(H2,14,15,17). The van der Waals surface area contributed by atoms with Gasteiger partial charge in [-0.3, -0.25) is 9.78 Å². The highest BCUT2D eigenvalue weighted by molar-refractivity contribution is 9.10. The third-order valence-electron chi connectivity index (χ3n) is 2.40. The number of nitrogens with one attached hydrogen (secondary N) is 2. The summed E-state index contributed by atoms with van der Waals surface area (Å²) in [6, 6.07) is 1.68. The first-order chi connectivity index (χ1) is 8.13. The molecule has 0 aromatic carbocycles. The minimum absolute atomic E-state index is 0.250. The zero-order valence-corrected chi connectivity index (χ0v) is 10.7. The number of rotatable bonds is 3. The van der Waals surface area contributed by atoms with Crippen LogP contribution in [0.5, 0.6) is 0 Å². The molecule has 0 saturated heterocycles. The largest absolute Gasteiger partial charge is 0.323 e. The smallest absolute Gasteiger partial charge is 0.309 e. The number of imidazole rings is 1. The topological polar surface area (TPSA) is 78.6 Å². The summed E-state index contributed by atoms with van der Waals surface area (Å²) in [6.07, 6.45) is 3.64. The van der Waals surface area contributed by atoms with Crippen molar-refractivity contribution < 1.29 is 4.79 Å². The van der Waals surface area contributed by atoms with Gasteiger partial charge in [-0.25, -0.2) is 4.79 Å². The Bertz CT molecular complexity index is 615. The number of aromatic amines is 2. The number of aryl methyl sites for hydroxylation is 1. The number of pyridine rings is 1. The number of ketones is 1. The van der Waals surface area contributed by atoms with Crippen molar-refractivity contribution in [2.24, 2.45) is 0 Å². The predicted molar refractivity (Wildman–Crippen MR) is 66.2 cm³/mol. The summed E-state index contributed by atoms with van der Waals surface area (Å²) >= 11 is 3.28. The molecule has 0 aliphatic carbocycles. The van der Waals surface area contributed by atoms with Crippen LogP contribution in [0.25, 0.3) is 0 Å². The molecule has 0 unspecified atom stereocenters. The third kappa shape index (κ3) is 2.21. The van der Waals surface area contributed by atoms with E-state index in [0.717, 1.165) is 0 Å². The number of carbonyl (C=O) groups is 1. The van der Waals surface area contributed by atoms with Crippen LogP contribution >= 0.6 is 15.9 Å². The van der Waals surface area contributed by atoms with Gasteiger partial charge >= 0.3 is 5.69 Å². The van der Waals surface area contributed by atoms with E-state index in [9.17, 15) is 9.59 Å². The Hall–Kier alpha value is -1.69. The summed E-state index contributed by atoms with van der Waals surface area (Å²) in [6.45, 7) is 1.87. The van der Waals surface area contributed by atoms with Crippen molar-refractivity contribution in [2.45, 2.75) is 13.3 Å². The summed E-state index contributed by atoms with van der Waals surface area (Å²) in [4.78, 5) is 32.4. The number of nitrogens with zero attached hydrogens (tertiary/aromatic N) is 1. The van der Waals surface area contributed by atoms with Gasteiger partial charge in [0, 0.05) is 22.6 Å². The average molecular weight is 296 g/mol. The van der Waals surface area contributed by atoms with Gasteiger partial charge in [0.1, 0.15) is 5.69 Å². The van der Waals surface area contributed by atoms with E-state index in [1.54, 1.807) is 12.3 Å². The maximum Gasteiger partial charge on any atom is 0.323 e. The molecule has 0 bridgehead atoms. The number of H-pyrrole nitrogens is 2. The Balaban J connectivity index is 2.51. The zero-order chi connectivity index (χ0) is 12.4. The molecule has 88 valence electrons. The van der Waals surface area contributed by atoms with Crippen LogP contribution in [-0.2, 0) is 6.42 Å². The maximum absolute atomic E-state index is 12.2. The molecule has 5 nitrogen and oxygen atoms in total. The molecule has 0 saturated carbocycles. The van der Waals surface area contributed by atoms with Crippen molar-refractivity contribution in [3.8, 4) is 0 Å². The minimum atomic E-state index is -0.370. The minimum Gasteiger partial charge on any atom is -0.309 e. The van der Waals surface area contributed by atoms with Gasteiger partial charge in [0.25, 0.3) is 0 Å². The van der Waals surface area contributed by atoms with Gasteiger partial charge in [-0.05, 0) is 28.4 Å². The van der Waals surface area contributed by atoms with E-state index in [1.807, 2.05) is 6.92 Å². The lowest BCUT2D eigenvalue weighted by molar-refractivity contribution is 0.103. The molecule has 2 aromatic rings. The average Bonchev–Trinajstić information content (AvgIpc) is 2.70. The molecule has 2 N–H and O–H groups in total. The summed E-state index contributed by atoms with van der Waals surface area (Å²) in [5.74, 6) is -0.250. The lowest BCUT2D eigenvalue weighted by Gasteiger charge is -2.02. The predicted octanol–water partition coefficient (Wildman–Crippen LogP) is 1.65. The van der Waals surface area contributed by atoms with Crippen molar-refractivity contribution >= 4 is 21.7 Å². The first-order valence-corrected chi connectivity index (χ1v) is 5.88.